The first-order chi connectivity index (χ1) is 16.2. The minimum atomic E-state index is 0.280. The van der Waals surface area contributed by atoms with Crippen molar-refractivity contribution in [3.05, 3.63) is 95.6 Å². The molecule has 172 valence electrons. The van der Waals surface area contributed by atoms with Gasteiger partial charge in [-0.2, -0.15) is 0 Å². The molecule has 0 spiro atoms. The number of benzene rings is 3. The average Bonchev–Trinajstić information content (AvgIpc) is 3.32. The van der Waals surface area contributed by atoms with Crippen LogP contribution in [0.15, 0.2) is 78.9 Å². The van der Waals surface area contributed by atoms with Gasteiger partial charge in [0, 0.05) is 13.1 Å². The Hall–Kier alpha value is -3.04. The van der Waals surface area contributed by atoms with Gasteiger partial charge >= 0.3 is 0 Å². The fraction of sp³-hybridized carbons (Fsp3) is 0.333. The Kier molecular flexibility index (Phi) is 7.85. The third-order valence-electron chi connectivity index (χ3n) is 6.70. The van der Waals surface area contributed by atoms with Gasteiger partial charge < -0.3 is 9.84 Å². The van der Waals surface area contributed by atoms with E-state index in [-0.39, 0.29) is 5.75 Å². The molecular formula is C30H35NO2. The number of rotatable bonds is 9. The summed E-state index contributed by atoms with van der Waals surface area (Å²) in [6.07, 6.45) is 3.50. The summed E-state index contributed by atoms with van der Waals surface area (Å²) in [6.45, 7) is 8.60. The molecule has 3 aromatic carbocycles. The van der Waals surface area contributed by atoms with Gasteiger partial charge in [0.2, 0.25) is 0 Å². The van der Waals surface area contributed by atoms with Gasteiger partial charge in [-0.1, -0.05) is 74.9 Å². The lowest BCUT2D eigenvalue weighted by Crippen LogP contribution is -2.26. The lowest BCUT2D eigenvalue weighted by Gasteiger charge is -2.18. The number of phenols is 1. The number of ether oxygens (including phenoxy) is 1. The van der Waals surface area contributed by atoms with Crippen LogP contribution in [-0.2, 0) is 0 Å². The molecule has 1 fully saturated rings. The minimum Gasteiger partial charge on any atom is -0.508 e. The molecule has 1 saturated heterocycles. The molecule has 0 aromatic heterocycles. The summed E-state index contributed by atoms with van der Waals surface area (Å²) in [7, 11) is 0. The molecule has 0 unspecified atom stereocenters. The standard InChI is InChI=1S/C30H35NO2/c1-3-23-18-19-31(22-23)20-21-33-28-16-12-26(13-17-28)30(25-10-14-27(32)15-11-25)29(4-2)24-8-6-5-7-9-24/h5-17,23,32H,3-4,18-22H2,1-2H3/b30-29-/t23-/m0/s1. The van der Waals surface area contributed by atoms with E-state index in [0.29, 0.717) is 0 Å². The van der Waals surface area contributed by atoms with Gasteiger partial charge in [0.05, 0.1) is 0 Å². The molecule has 0 saturated carbocycles. The maximum Gasteiger partial charge on any atom is 0.119 e. The van der Waals surface area contributed by atoms with Gasteiger partial charge in [-0.3, -0.25) is 4.90 Å². The minimum absolute atomic E-state index is 0.280. The third-order valence-corrected chi connectivity index (χ3v) is 6.70. The number of aromatic hydroxyl groups is 1. The first-order valence-electron chi connectivity index (χ1n) is 12.2. The van der Waals surface area contributed by atoms with Crippen LogP contribution in [0.3, 0.4) is 0 Å². The molecule has 3 heteroatoms. The zero-order valence-corrected chi connectivity index (χ0v) is 19.8. The molecule has 0 amide bonds. The van der Waals surface area contributed by atoms with Crippen LogP contribution in [0.4, 0.5) is 0 Å². The van der Waals surface area contributed by atoms with E-state index in [0.717, 1.165) is 42.4 Å². The van der Waals surface area contributed by atoms with Crippen molar-refractivity contribution in [3.63, 3.8) is 0 Å². The highest BCUT2D eigenvalue weighted by Gasteiger charge is 2.20. The normalized spacial score (nSPS) is 17.1. The quantitative estimate of drug-likeness (QED) is 0.368. The molecule has 0 radical (unpaired) electrons. The van der Waals surface area contributed by atoms with E-state index in [1.165, 1.54) is 42.6 Å². The smallest absolute Gasteiger partial charge is 0.119 e. The summed E-state index contributed by atoms with van der Waals surface area (Å²) < 4.78 is 6.07. The molecule has 3 nitrogen and oxygen atoms in total. The molecule has 1 aliphatic heterocycles. The van der Waals surface area contributed by atoms with Gasteiger partial charge in [-0.15, -0.1) is 0 Å². The summed E-state index contributed by atoms with van der Waals surface area (Å²) in [5.41, 5.74) is 5.95. The van der Waals surface area contributed by atoms with Crippen LogP contribution in [0.2, 0.25) is 0 Å². The maximum absolute atomic E-state index is 9.81. The molecule has 1 heterocycles. The van der Waals surface area contributed by atoms with Crippen molar-refractivity contribution in [3.8, 4) is 11.5 Å². The van der Waals surface area contributed by atoms with E-state index < -0.39 is 0 Å². The highest BCUT2D eigenvalue weighted by atomic mass is 16.5. The second kappa shape index (κ2) is 11.2. The summed E-state index contributed by atoms with van der Waals surface area (Å²) in [6, 6.07) is 26.5. The van der Waals surface area contributed by atoms with E-state index in [2.05, 4.69) is 67.3 Å². The molecule has 1 N–H and O–H groups in total. The number of nitrogens with zero attached hydrogens (tertiary/aromatic N) is 1. The average molecular weight is 442 g/mol. The van der Waals surface area contributed by atoms with E-state index in [1.54, 1.807) is 12.1 Å². The highest BCUT2D eigenvalue weighted by Crippen LogP contribution is 2.35. The molecule has 33 heavy (non-hydrogen) atoms. The zero-order chi connectivity index (χ0) is 23.0. The van der Waals surface area contributed by atoms with Crippen LogP contribution in [-0.4, -0.2) is 36.2 Å². The molecule has 0 bridgehead atoms. The van der Waals surface area contributed by atoms with Crippen LogP contribution in [0.25, 0.3) is 11.1 Å². The Morgan fingerprint density at radius 3 is 2.15 bits per heavy atom. The van der Waals surface area contributed by atoms with Crippen molar-refractivity contribution < 1.29 is 9.84 Å². The fourth-order valence-corrected chi connectivity index (χ4v) is 4.77. The summed E-state index contributed by atoms with van der Waals surface area (Å²) >= 11 is 0. The van der Waals surface area contributed by atoms with Crippen LogP contribution in [0.1, 0.15) is 49.8 Å². The maximum atomic E-state index is 9.81. The van der Waals surface area contributed by atoms with E-state index in [4.69, 9.17) is 4.74 Å². The second-order valence-electron chi connectivity index (χ2n) is 8.86. The fourth-order valence-electron chi connectivity index (χ4n) is 4.77. The van der Waals surface area contributed by atoms with E-state index in [9.17, 15) is 5.11 Å². The summed E-state index contributed by atoms with van der Waals surface area (Å²) in [5, 5.41) is 9.81. The zero-order valence-electron chi connectivity index (χ0n) is 19.8. The van der Waals surface area contributed by atoms with Crippen LogP contribution >= 0.6 is 0 Å². The molecule has 3 aromatic rings. The topological polar surface area (TPSA) is 32.7 Å². The summed E-state index contributed by atoms with van der Waals surface area (Å²) in [4.78, 5) is 2.52. The molecular weight excluding hydrogens is 406 g/mol. The number of phenolic OH excluding ortho intramolecular Hbond substituents is 1. The lowest BCUT2D eigenvalue weighted by atomic mass is 9.88. The number of likely N-dealkylation sites (tertiary alicyclic amines) is 1. The first kappa shape index (κ1) is 23.1. The van der Waals surface area contributed by atoms with Crippen molar-refractivity contribution in [1.29, 1.82) is 0 Å². The SMILES string of the molecule is CC/C(=C(\c1ccc(O)cc1)c1ccc(OCCN2CC[C@H](CC)C2)cc1)c1ccccc1. The van der Waals surface area contributed by atoms with Gasteiger partial charge in [-0.25, -0.2) is 0 Å². The second-order valence-corrected chi connectivity index (χ2v) is 8.86. The van der Waals surface area contributed by atoms with Crippen molar-refractivity contribution in [2.45, 2.75) is 33.1 Å². The van der Waals surface area contributed by atoms with Crippen molar-refractivity contribution in [1.82, 2.24) is 4.90 Å². The van der Waals surface area contributed by atoms with Gasteiger partial charge in [-0.05, 0) is 77.4 Å². The van der Waals surface area contributed by atoms with E-state index in [1.807, 2.05) is 18.2 Å². The van der Waals surface area contributed by atoms with Crippen molar-refractivity contribution in [2.75, 3.05) is 26.2 Å². The van der Waals surface area contributed by atoms with Gasteiger partial charge in [0.25, 0.3) is 0 Å². The lowest BCUT2D eigenvalue weighted by molar-refractivity contribution is 0.232. The molecule has 0 aliphatic carbocycles. The number of hydrogen-bond acceptors (Lipinski definition) is 3. The highest BCUT2D eigenvalue weighted by molar-refractivity contribution is 5.98. The van der Waals surface area contributed by atoms with Gasteiger partial charge in [0.15, 0.2) is 0 Å². The predicted octanol–water partition coefficient (Wildman–Crippen LogP) is 6.87. The summed E-state index contributed by atoms with van der Waals surface area (Å²) in [5.74, 6) is 2.04. The van der Waals surface area contributed by atoms with Crippen molar-refractivity contribution >= 4 is 11.1 Å². The Labute approximate surface area is 198 Å². The third kappa shape index (κ3) is 5.85. The molecule has 4 rings (SSSR count). The van der Waals surface area contributed by atoms with E-state index >= 15 is 0 Å². The monoisotopic (exact) mass is 441 g/mol. The molecule has 1 aliphatic rings. The first-order valence-corrected chi connectivity index (χ1v) is 12.2. The largest absolute Gasteiger partial charge is 0.508 e. The van der Waals surface area contributed by atoms with Gasteiger partial charge in [0.1, 0.15) is 18.1 Å². The van der Waals surface area contributed by atoms with Crippen LogP contribution in [0, 0.1) is 5.92 Å². The Morgan fingerprint density at radius 1 is 0.879 bits per heavy atom. The Bertz CT molecular complexity index is 1040. The molecule has 1 atom stereocenters. The number of hydrogen-bond donors (Lipinski definition) is 1. The van der Waals surface area contributed by atoms with Crippen molar-refractivity contribution in [2.24, 2.45) is 5.92 Å². The Morgan fingerprint density at radius 2 is 1.55 bits per heavy atom. The predicted molar refractivity (Wildman–Crippen MR) is 138 cm³/mol. The van der Waals surface area contributed by atoms with Crippen LogP contribution in [0.5, 0.6) is 11.5 Å². The number of allylic oxidation sites excluding steroid dienone is 1. The van der Waals surface area contributed by atoms with Crippen LogP contribution < -0.4 is 4.74 Å². The Balaban J connectivity index is 1.55.